The maximum absolute atomic E-state index is 12.2. The average molecular weight is 291 g/mol. The topological polar surface area (TPSA) is 135 Å². The Labute approximate surface area is 118 Å². The van der Waals surface area contributed by atoms with Crippen LogP contribution in [0.25, 0.3) is 11.0 Å². The lowest BCUT2D eigenvalue weighted by atomic mass is 10.1. The normalized spacial score (nSPS) is 13.8. The molecule has 0 bridgehead atoms. The zero-order valence-electron chi connectivity index (χ0n) is 11.1. The molecule has 110 valence electrons. The van der Waals surface area contributed by atoms with Gasteiger partial charge in [0.2, 0.25) is 0 Å². The molecule has 1 atom stereocenters. The summed E-state index contributed by atoms with van der Waals surface area (Å²) in [6.07, 6.45) is -0.971. The van der Waals surface area contributed by atoms with Crippen LogP contribution in [0.3, 0.4) is 0 Å². The highest BCUT2D eigenvalue weighted by atomic mass is 16.5. The van der Waals surface area contributed by atoms with Gasteiger partial charge in [-0.25, -0.2) is 0 Å². The van der Waals surface area contributed by atoms with E-state index < -0.39 is 29.0 Å². The molecular formula is C13H13N3O5. The molecular weight excluding hydrogens is 278 g/mol. The van der Waals surface area contributed by atoms with E-state index in [4.69, 9.17) is 5.73 Å². The van der Waals surface area contributed by atoms with Crippen molar-refractivity contribution < 1.29 is 19.4 Å². The molecule has 0 saturated carbocycles. The zero-order chi connectivity index (χ0) is 15.7. The number of hydrogen-bond acceptors (Lipinski definition) is 5. The van der Waals surface area contributed by atoms with Gasteiger partial charge >= 0.3 is 0 Å². The number of carbonyl (C=O) groups excluding carboxylic acids is 1. The van der Waals surface area contributed by atoms with E-state index in [9.17, 15) is 25.1 Å². The summed E-state index contributed by atoms with van der Waals surface area (Å²) >= 11 is 0. The van der Waals surface area contributed by atoms with Crippen LogP contribution in [0.15, 0.2) is 41.8 Å². The lowest BCUT2D eigenvalue weighted by Gasteiger charge is -2.21. The molecule has 1 unspecified atom stereocenters. The highest BCUT2D eigenvalue weighted by Gasteiger charge is 2.26. The molecule has 0 aliphatic heterocycles. The van der Waals surface area contributed by atoms with Crippen LogP contribution in [0.2, 0.25) is 0 Å². The number of rotatable bonds is 3. The maximum atomic E-state index is 12.2. The lowest BCUT2D eigenvalue weighted by Crippen LogP contribution is -2.26. The molecule has 0 spiro atoms. The van der Waals surface area contributed by atoms with Crippen LogP contribution in [0.1, 0.15) is 18.7 Å². The van der Waals surface area contributed by atoms with Crippen LogP contribution in [0.5, 0.6) is 0 Å². The van der Waals surface area contributed by atoms with Crippen LogP contribution < -0.4 is 10.2 Å². The molecule has 0 aliphatic rings. The Morgan fingerprint density at radius 3 is 2.62 bits per heavy atom. The summed E-state index contributed by atoms with van der Waals surface area (Å²) in [7, 11) is 0. The van der Waals surface area contributed by atoms with E-state index in [2.05, 4.69) is 0 Å². The number of carbonyl (C=O) groups is 1. The van der Waals surface area contributed by atoms with Gasteiger partial charge in [0.25, 0.3) is 17.6 Å². The van der Waals surface area contributed by atoms with Gasteiger partial charge in [0.1, 0.15) is 23.1 Å². The van der Waals surface area contributed by atoms with Gasteiger partial charge in [-0.3, -0.25) is 4.79 Å². The largest absolute Gasteiger partial charge is 0.805 e. The number of aliphatic hydroxyl groups is 2. The number of nitrogens with zero attached hydrogens (tertiary/aromatic N) is 2. The SMILES string of the molecule is C/C(O)=C(/C(N)=O)C(O)c1c[n+](=O)c2ccccc2n1[O-]. The second-order valence-corrected chi connectivity index (χ2v) is 4.43. The summed E-state index contributed by atoms with van der Waals surface area (Å²) in [6, 6.07) is 5.97. The molecule has 1 amide bonds. The Balaban J connectivity index is 2.73. The molecule has 1 heterocycles. The molecule has 1 aromatic heterocycles. The van der Waals surface area contributed by atoms with E-state index in [1.165, 1.54) is 12.1 Å². The predicted molar refractivity (Wildman–Crippen MR) is 73.6 cm³/mol. The molecule has 0 aliphatic carbocycles. The van der Waals surface area contributed by atoms with Crippen LogP contribution in [0, 0.1) is 10.1 Å². The third-order valence-electron chi connectivity index (χ3n) is 3.03. The number of para-hydroxylation sites is 2. The summed E-state index contributed by atoms with van der Waals surface area (Å²) in [5.41, 5.74) is 4.23. The molecule has 21 heavy (non-hydrogen) atoms. The number of hydrogen-bond donors (Lipinski definition) is 3. The first-order valence-electron chi connectivity index (χ1n) is 5.96. The molecule has 8 heteroatoms. The number of allylic oxidation sites excluding steroid dienone is 1. The van der Waals surface area contributed by atoms with Crippen molar-refractivity contribution in [3.63, 3.8) is 0 Å². The van der Waals surface area contributed by atoms with Crippen molar-refractivity contribution in [2.75, 3.05) is 0 Å². The minimum Gasteiger partial charge on any atom is -0.805 e. The summed E-state index contributed by atoms with van der Waals surface area (Å²) in [5, 5.41) is 31.7. The average Bonchev–Trinajstić information content (AvgIpc) is 2.42. The Kier molecular flexibility index (Phi) is 3.64. The first-order chi connectivity index (χ1) is 9.84. The highest BCUT2D eigenvalue weighted by molar-refractivity contribution is 5.93. The van der Waals surface area contributed by atoms with Gasteiger partial charge in [0.05, 0.1) is 10.0 Å². The minimum absolute atomic E-state index is 0.0171. The van der Waals surface area contributed by atoms with Gasteiger partial charge in [-0.2, -0.15) is 0 Å². The Hall–Kier alpha value is -2.87. The van der Waals surface area contributed by atoms with Gasteiger partial charge in [0.15, 0.2) is 0 Å². The highest BCUT2D eigenvalue weighted by Crippen LogP contribution is 2.24. The summed E-state index contributed by atoms with van der Waals surface area (Å²) in [5.74, 6) is -1.62. The fourth-order valence-electron chi connectivity index (χ4n) is 2.04. The molecule has 1 aromatic carbocycles. The van der Waals surface area contributed by atoms with Gasteiger partial charge in [-0.15, -0.1) is 0 Å². The minimum atomic E-state index is -1.81. The number of amides is 1. The van der Waals surface area contributed by atoms with Gasteiger partial charge in [-0.05, 0) is 13.0 Å². The monoisotopic (exact) mass is 291 g/mol. The zero-order valence-corrected chi connectivity index (χ0v) is 11.1. The predicted octanol–water partition coefficient (Wildman–Crippen LogP) is 0.252. The van der Waals surface area contributed by atoms with E-state index in [0.717, 1.165) is 13.1 Å². The standard InChI is InChI=1S/C13H13N3O5/c1-7(17)11(13(14)19)12(18)10-6-15(20)8-4-2-3-5-9(8)16(10)21/h2-6,12,17-18H,1H3,(H2,14,19)/b11-7-. The van der Waals surface area contributed by atoms with E-state index in [1.807, 2.05) is 0 Å². The second kappa shape index (κ2) is 5.25. The van der Waals surface area contributed by atoms with Crippen molar-refractivity contribution in [3.05, 3.63) is 57.6 Å². The van der Waals surface area contributed by atoms with Crippen LogP contribution >= 0.6 is 0 Å². The molecule has 2 rings (SSSR count). The number of nitrogens with two attached hydrogens (primary N) is 1. The maximum Gasteiger partial charge on any atom is 0.285 e. The van der Waals surface area contributed by atoms with Crippen LogP contribution in [0.4, 0.5) is 0 Å². The molecule has 4 N–H and O–H groups in total. The number of aromatic nitrogens is 2. The third kappa shape index (κ3) is 2.43. The third-order valence-corrected chi connectivity index (χ3v) is 3.03. The fourth-order valence-corrected chi connectivity index (χ4v) is 2.04. The molecule has 8 nitrogen and oxygen atoms in total. The Bertz CT molecular complexity index is 805. The number of primary amides is 1. The van der Waals surface area contributed by atoms with Crippen LogP contribution in [-0.4, -0.2) is 20.9 Å². The van der Waals surface area contributed by atoms with E-state index in [0.29, 0.717) is 9.16 Å². The van der Waals surface area contributed by atoms with E-state index in [-0.39, 0.29) is 11.0 Å². The smallest absolute Gasteiger partial charge is 0.285 e. The lowest BCUT2D eigenvalue weighted by molar-refractivity contribution is -0.465. The molecule has 2 aromatic rings. The second-order valence-electron chi connectivity index (χ2n) is 4.43. The summed E-state index contributed by atoms with van der Waals surface area (Å²) in [4.78, 5) is 23.1. The van der Waals surface area contributed by atoms with Gasteiger partial charge in [0, 0.05) is 11.0 Å². The summed E-state index contributed by atoms with van der Waals surface area (Å²) in [6.45, 7) is 1.14. The number of aliphatic hydroxyl groups excluding tert-OH is 2. The van der Waals surface area contributed by atoms with E-state index >= 15 is 0 Å². The van der Waals surface area contributed by atoms with Gasteiger partial charge in [-0.1, -0.05) is 12.1 Å². The molecule has 0 radical (unpaired) electrons. The summed E-state index contributed by atoms with van der Waals surface area (Å²) < 4.78 is 0.716. The first-order valence-corrected chi connectivity index (χ1v) is 5.96. The quantitative estimate of drug-likeness (QED) is 0.423. The Morgan fingerprint density at radius 1 is 1.43 bits per heavy atom. The number of benzene rings is 1. The van der Waals surface area contributed by atoms with Crippen molar-refractivity contribution in [2.24, 2.45) is 5.73 Å². The van der Waals surface area contributed by atoms with Crippen molar-refractivity contribution in [1.29, 1.82) is 0 Å². The Morgan fingerprint density at radius 2 is 2.05 bits per heavy atom. The van der Waals surface area contributed by atoms with Crippen molar-refractivity contribution in [2.45, 2.75) is 13.0 Å². The van der Waals surface area contributed by atoms with Crippen LogP contribution in [-0.2, 0) is 4.79 Å². The van der Waals surface area contributed by atoms with E-state index in [1.54, 1.807) is 12.1 Å². The van der Waals surface area contributed by atoms with Gasteiger partial charge < -0.3 is 25.9 Å². The molecule has 0 saturated heterocycles. The van der Waals surface area contributed by atoms with Crippen molar-refractivity contribution in [1.82, 2.24) is 4.73 Å². The fraction of sp³-hybridized carbons (Fsp3) is 0.154. The number of fused-ring (bicyclic) bond motifs is 1. The molecule has 0 fully saturated rings. The first kappa shape index (κ1) is 14.5. The van der Waals surface area contributed by atoms with Crippen molar-refractivity contribution >= 4 is 16.9 Å². The van der Waals surface area contributed by atoms with Crippen molar-refractivity contribution in [3.8, 4) is 0 Å².